The van der Waals surface area contributed by atoms with Crippen LogP contribution in [0.5, 0.6) is 5.75 Å². The lowest BCUT2D eigenvalue weighted by Gasteiger charge is -2.31. The zero-order valence-electron chi connectivity index (χ0n) is 19.8. The quantitative estimate of drug-likeness (QED) is 0.272. The SMILES string of the molecule is CCCCCOP(OCCC)Oc1c(C(C)(C)C)cc(CC)cc1C(C)(C)C. The van der Waals surface area contributed by atoms with Gasteiger partial charge in [0, 0.05) is 11.1 Å². The summed E-state index contributed by atoms with van der Waals surface area (Å²) in [5.41, 5.74) is 3.79. The second-order valence-electron chi connectivity index (χ2n) is 9.56. The van der Waals surface area contributed by atoms with Crippen LogP contribution in [0.2, 0.25) is 0 Å². The fourth-order valence-corrected chi connectivity index (χ4v) is 4.06. The Kier molecular flexibility index (Phi) is 10.5. The fraction of sp³-hybridized carbons (Fsp3) is 0.750. The molecule has 28 heavy (non-hydrogen) atoms. The zero-order chi connectivity index (χ0) is 21.4. The second kappa shape index (κ2) is 11.5. The van der Waals surface area contributed by atoms with Crippen molar-refractivity contribution >= 4 is 8.60 Å². The zero-order valence-corrected chi connectivity index (χ0v) is 20.7. The van der Waals surface area contributed by atoms with Gasteiger partial charge in [-0.25, -0.2) is 0 Å². The summed E-state index contributed by atoms with van der Waals surface area (Å²) >= 11 is 0. The van der Waals surface area contributed by atoms with Gasteiger partial charge in [-0.3, -0.25) is 0 Å². The molecule has 0 N–H and O–H groups in total. The minimum Gasteiger partial charge on any atom is -0.426 e. The number of rotatable bonds is 11. The highest BCUT2D eigenvalue weighted by Gasteiger charge is 2.30. The van der Waals surface area contributed by atoms with Crippen molar-refractivity contribution in [1.29, 1.82) is 0 Å². The third-order valence-electron chi connectivity index (χ3n) is 4.68. The van der Waals surface area contributed by atoms with Gasteiger partial charge in [-0.1, -0.05) is 87.3 Å². The predicted octanol–water partition coefficient (Wildman–Crippen LogP) is 8.08. The predicted molar refractivity (Wildman–Crippen MR) is 122 cm³/mol. The maximum absolute atomic E-state index is 6.53. The van der Waals surface area contributed by atoms with Crippen LogP contribution in [-0.2, 0) is 26.3 Å². The van der Waals surface area contributed by atoms with Crippen molar-refractivity contribution in [2.24, 2.45) is 0 Å². The molecule has 0 saturated carbocycles. The van der Waals surface area contributed by atoms with E-state index in [1.54, 1.807) is 0 Å². The van der Waals surface area contributed by atoms with Crippen molar-refractivity contribution in [3.63, 3.8) is 0 Å². The molecule has 0 amide bonds. The van der Waals surface area contributed by atoms with Crippen LogP contribution in [0.25, 0.3) is 0 Å². The molecule has 0 radical (unpaired) electrons. The molecule has 1 atom stereocenters. The summed E-state index contributed by atoms with van der Waals surface area (Å²) in [5.74, 6) is 0.954. The van der Waals surface area contributed by atoms with Gasteiger partial charge in [0.2, 0.25) is 0 Å². The average molecular weight is 411 g/mol. The van der Waals surface area contributed by atoms with Crippen molar-refractivity contribution < 1.29 is 13.6 Å². The lowest BCUT2D eigenvalue weighted by Crippen LogP contribution is -2.20. The highest BCUT2D eigenvalue weighted by atomic mass is 31.2. The summed E-state index contributed by atoms with van der Waals surface area (Å²) < 4.78 is 18.6. The van der Waals surface area contributed by atoms with Gasteiger partial charge in [0.1, 0.15) is 5.75 Å². The van der Waals surface area contributed by atoms with Crippen LogP contribution in [-0.4, -0.2) is 13.2 Å². The van der Waals surface area contributed by atoms with Gasteiger partial charge in [-0.2, -0.15) is 0 Å². The van der Waals surface area contributed by atoms with Crippen molar-refractivity contribution in [2.45, 2.75) is 105 Å². The molecule has 1 aromatic carbocycles. The molecule has 1 rings (SSSR count). The fourth-order valence-electron chi connectivity index (χ4n) is 2.93. The summed E-state index contributed by atoms with van der Waals surface area (Å²) in [6, 6.07) is 4.60. The standard InChI is InChI=1S/C24H43O3P/c1-10-13-14-16-26-28(25-15-11-2)27-22-20(23(4,5)6)17-19(12-3)18-21(22)24(7,8)9/h17-18H,10-16H2,1-9H3. The first-order chi connectivity index (χ1) is 13.0. The summed E-state index contributed by atoms with van der Waals surface area (Å²) in [4.78, 5) is 0. The Hall–Kier alpha value is -0.630. The van der Waals surface area contributed by atoms with Crippen molar-refractivity contribution in [1.82, 2.24) is 0 Å². The van der Waals surface area contributed by atoms with Crippen LogP contribution in [0, 0.1) is 0 Å². The molecule has 0 spiro atoms. The van der Waals surface area contributed by atoms with Crippen LogP contribution in [0.3, 0.4) is 0 Å². The van der Waals surface area contributed by atoms with Gasteiger partial charge in [-0.15, -0.1) is 0 Å². The number of benzene rings is 1. The highest BCUT2D eigenvalue weighted by Crippen LogP contribution is 2.48. The van der Waals surface area contributed by atoms with Gasteiger partial charge in [0.25, 0.3) is 0 Å². The monoisotopic (exact) mass is 410 g/mol. The van der Waals surface area contributed by atoms with Crippen LogP contribution in [0.4, 0.5) is 0 Å². The van der Waals surface area contributed by atoms with Crippen LogP contribution in [0.1, 0.15) is 105 Å². The Morgan fingerprint density at radius 3 is 1.71 bits per heavy atom. The largest absolute Gasteiger partial charge is 0.426 e. The van der Waals surface area contributed by atoms with E-state index in [0.717, 1.165) is 25.0 Å². The van der Waals surface area contributed by atoms with E-state index in [4.69, 9.17) is 13.6 Å². The molecule has 4 heteroatoms. The van der Waals surface area contributed by atoms with Gasteiger partial charge in [-0.05, 0) is 35.7 Å². The Labute approximate surface area is 175 Å². The van der Waals surface area contributed by atoms with Crippen LogP contribution in [0.15, 0.2) is 12.1 Å². The maximum Gasteiger partial charge on any atom is 0.397 e. The molecule has 0 aliphatic rings. The van der Waals surface area contributed by atoms with E-state index in [9.17, 15) is 0 Å². The van der Waals surface area contributed by atoms with E-state index in [2.05, 4.69) is 74.4 Å². The molecule has 0 fully saturated rings. The highest BCUT2D eigenvalue weighted by molar-refractivity contribution is 7.42. The molecular formula is C24H43O3P. The minimum atomic E-state index is -1.40. The van der Waals surface area contributed by atoms with Gasteiger partial charge >= 0.3 is 8.60 Å². The smallest absolute Gasteiger partial charge is 0.397 e. The molecule has 1 unspecified atom stereocenters. The molecule has 0 aromatic heterocycles. The summed E-state index contributed by atoms with van der Waals surface area (Å²) in [6.45, 7) is 21.4. The van der Waals surface area contributed by atoms with E-state index in [-0.39, 0.29) is 10.8 Å². The molecular weight excluding hydrogens is 367 g/mol. The number of hydrogen-bond acceptors (Lipinski definition) is 3. The lowest BCUT2D eigenvalue weighted by atomic mass is 9.78. The summed E-state index contributed by atoms with van der Waals surface area (Å²) in [5, 5.41) is 0. The Balaban J connectivity index is 3.31. The summed E-state index contributed by atoms with van der Waals surface area (Å²) in [6.07, 6.45) is 5.36. The van der Waals surface area contributed by atoms with E-state index in [1.807, 2.05) is 0 Å². The molecule has 0 saturated heterocycles. The minimum absolute atomic E-state index is 0.0194. The number of hydrogen-bond donors (Lipinski definition) is 0. The number of unbranched alkanes of at least 4 members (excludes halogenated alkanes) is 2. The average Bonchev–Trinajstić information content (AvgIpc) is 2.61. The number of aryl methyl sites for hydroxylation is 1. The molecule has 0 bridgehead atoms. The van der Waals surface area contributed by atoms with E-state index in [0.29, 0.717) is 13.2 Å². The molecule has 0 aliphatic carbocycles. The van der Waals surface area contributed by atoms with Gasteiger partial charge in [0.15, 0.2) is 0 Å². The van der Waals surface area contributed by atoms with E-state index >= 15 is 0 Å². The normalized spacial score (nSPS) is 13.6. The Bertz CT molecular complexity index is 549. The molecule has 0 heterocycles. The van der Waals surface area contributed by atoms with Gasteiger partial charge < -0.3 is 13.6 Å². The van der Waals surface area contributed by atoms with Crippen LogP contribution >= 0.6 is 8.60 Å². The van der Waals surface area contributed by atoms with Crippen LogP contribution < -0.4 is 4.52 Å². The van der Waals surface area contributed by atoms with E-state index < -0.39 is 8.60 Å². The van der Waals surface area contributed by atoms with E-state index in [1.165, 1.54) is 29.5 Å². The summed E-state index contributed by atoms with van der Waals surface area (Å²) in [7, 11) is -1.40. The first-order valence-corrected chi connectivity index (χ1v) is 12.1. The Morgan fingerprint density at radius 2 is 1.29 bits per heavy atom. The first kappa shape index (κ1) is 25.4. The van der Waals surface area contributed by atoms with Crippen molar-refractivity contribution in [3.05, 3.63) is 28.8 Å². The molecule has 0 aliphatic heterocycles. The Morgan fingerprint density at radius 1 is 0.750 bits per heavy atom. The van der Waals surface area contributed by atoms with Gasteiger partial charge in [0.05, 0.1) is 13.2 Å². The lowest BCUT2D eigenvalue weighted by molar-refractivity contribution is 0.200. The van der Waals surface area contributed by atoms with Crippen molar-refractivity contribution in [3.8, 4) is 5.75 Å². The molecule has 162 valence electrons. The van der Waals surface area contributed by atoms with Crippen molar-refractivity contribution in [2.75, 3.05) is 13.2 Å². The molecule has 1 aromatic rings. The first-order valence-electron chi connectivity index (χ1n) is 11.0. The third-order valence-corrected chi connectivity index (χ3v) is 5.80. The third kappa shape index (κ3) is 8.01. The maximum atomic E-state index is 6.53. The molecule has 3 nitrogen and oxygen atoms in total. The topological polar surface area (TPSA) is 27.7 Å². The second-order valence-corrected chi connectivity index (χ2v) is 10.7.